The number of carbonyl (C=O) groups excluding carboxylic acids is 1. The number of aldehydes is 1. The predicted octanol–water partition coefficient (Wildman–Crippen LogP) is 2.96. The fourth-order valence-electron chi connectivity index (χ4n) is 2.50. The number of aromatic nitrogens is 2. The Morgan fingerprint density at radius 1 is 1.44 bits per heavy atom. The van der Waals surface area contributed by atoms with Gasteiger partial charge in [-0.05, 0) is 25.2 Å². The second-order valence-corrected chi connectivity index (χ2v) is 5.07. The molecule has 1 fully saturated rings. The topological polar surface area (TPSA) is 46.1 Å². The lowest BCUT2D eigenvalue weighted by molar-refractivity contribution is 0.112. The minimum absolute atomic E-state index is 0.242. The molecule has 1 saturated heterocycles. The van der Waals surface area contributed by atoms with Gasteiger partial charge in [-0.15, -0.1) is 0 Å². The predicted molar refractivity (Wildman–Crippen MR) is 72.3 cm³/mol. The molecule has 1 aliphatic heterocycles. The molecular weight excluding hydrogens is 250 g/mol. The summed E-state index contributed by atoms with van der Waals surface area (Å²) in [5, 5.41) is 0.242. The van der Waals surface area contributed by atoms with Gasteiger partial charge in [-0.3, -0.25) is 4.79 Å². The third-order valence-electron chi connectivity index (χ3n) is 3.66. The Morgan fingerprint density at radius 3 is 3.00 bits per heavy atom. The van der Waals surface area contributed by atoms with E-state index in [1.54, 1.807) is 0 Å². The van der Waals surface area contributed by atoms with Crippen LogP contribution in [0.25, 0.3) is 0 Å². The van der Waals surface area contributed by atoms with E-state index in [0.29, 0.717) is 11.4 Å². The van der Waals surface area contributed by atoms with Gasteiger partial charge < -0.3 is 4.90 Å². The van der Waals surface area contributed by atoms with E-state index in [-0.39, 0.29) is 5.15 Å². The Balaban J connectivity index is 2.21. The summed E-state index contributed by atoms with van der Waals surface area (Å²) in [4.78, 5) is 21.3. The first kappa shape index (κ1) is 13.3. The molecule has 0 bridgehead atoms. The first-order valence-electron chi connectivity index (χ1n) is 6.46. The Kier molecular flexibility index (Phi) is 4.53. The Hall–Kier alpha value is -1.16. The van der Waals surface area contributed by atoms with Gasteiger partial charge in [0.25, 0.3) is 0 Å². The van der Waals surface area contributed by atoms with Crippen molar-refractivity contribution in [3.63, 3.8) is 0 Å². The summed E-state index contributed by atoms with van der Waals surface area (Å²) in [6.07, 6.45) is 6.93. The molecule has 0 spiro atoms. The van der Waals surface area contributed by atoms with Crippen molar-refractivity contribution in [1.82, 2.24) is 9.97 Å². The van der Waals surface area contributed by atoms with Gasteiger partial charge in [-0.1, -0.05) is 24.9 Å². The van der Waals surface area contributed by atoms with Crippen molar-refractivity contribution in [2.75, 3.05) is 18.0 Å². The van der Waals surface area contributed by atoms with Crippen LogP contribution >= 0.6 is 11.6 Å². The summed E-state index contributed by atoms with van der Waals surface area (Å²) >= 11 is 5.94. The van der Waals surface area contributed by atoms with Gasteiger partial charge in [0.05, 0.1) is 5.56 Å². The summed E-state index contributed by atoms with van der Waals surface area (Å²) < 4.78 is 0. The zero-order valence-corrected chi connectivity index (χ0v) is 11.4. The molecule has 1 unspecified atom stereocenters. The lowest BCUT2D eigenvalue weighted by Crippen LogP contribution is -2.26. The van der Waals surface area contributed by atoms with E-state index >= 15 is 0 Å². The minimum Gasteiger partial charge on any atom is -0.356 e. The quantitative estimate of drug-likeness (QED) is 0.624. The van der Waals surface area contributed by atoms with E-state index in [1.165, 1.54) is 19.2 Å². The van der Waals surface area contributed by atoms with Crippen LogP contribution in [0.4, 0.5) is 5.82 Å². The molecule has 1 aliphatic rings. The highest BCUT2D eigenvalue weighted by molar-refractivity contribution is 6.32. The molecule has 0 amide bonds. The summed E-state index contributed by atoms with van der Waals surface area (Å²) in [6, 6.07) is 0. The second-order valence-electron chi connectivity index (χ2n) is 4.71. The van der Waals surface area contributed by atoms with E-state index in [1.807, 2.05) is 0 Å². The van der Waals surface area contributed by atoms with E-state index in [0.717, 1.165) is 38.1 Å². The van der Waals surface area contributed by atoms with E-state index in [2.05, 4.69) is 21.8 Å². The van der Waals surface area contributed by atoms with Crippen LogP contribution in [0.15, 0.2) is 6.33 Å². The molecule has 2 heterocycles. The highest BCUT2D eigenvalue weighted by Gasteiger charge is 2.20. The Bertz CT molecular complexity index is 425. The van der Waals surface area contributed by atoms with Crippen molar-refractivity contribution in [3.05, 3.63) is 17.0 Å². The molecule has 0 saturated carbocycles. The second kappa shape index (κ2) is 6.14. The number of rotatable bonds is 3. The van der Waals surface area contributed by atoms with Crippen LogP contribution in [0, 0.1) is 5.92 Å². The monoisotopic (exact) mass is 267 g/mol. The van der Waals surface area contributed by atoms with Gasteiger partial charge in [0, 0.05) is 13.1 Å². The first-order chi connectivity index (χ1) is 8.76. The smallest absolute Gasteiger partial charge is 0.156 e. The maximum Gasteiger partial charge on any atom is 0.156 e. The molecule has 1 atom stereocenters. The molecular formula is C13H18ClN3O. The Labute approximate surface area is 112 Å². The molecule has 98 valence electrons. The fourth-order valence-corrected chi connectivity index (χ4v) is 2.68. The van der Waals surface area contributed by atoms with Gasteiger partial charge in [-0.25, -0.2) is 9.97 Å². The standard InChI is InChI=1S/C13H18ClN3O/c1-2-10-4-3-6-17(7-5-10)13-11(8-18)12(14)15-9-16-13/h8-10H,2-7H2,1H3. The molecule has 0 aromatic carbocycles. The highest BCUT2D eigenvalue weighted by Crippen LogP contribution is 2.26. The summed E-state index contributed by atoms with van der Waals surface area (Å²) in [5.74, 6) is 1.47. The minimum atomic E-state index is 0.242. The molecule has 18 heavy (non-hydrogen) atoms. The molecule has 0 N–H and O–H groups in total. The maximum absolute atomic E-state index is 11.1. The molecule has 1 aromatic rings. The number of carbonyl (C=O) groups is 1. The molecule has 4 nitrogen and oxygen atoms in total. The van der Waals surface area contributed by atoms with E-state index < -0.39 is 0 Å². The van der Waals surface area contributed by atoms with Crippen LogP contribution in [0.2, 0.25) is 5.15 Å². The molecule has 0 radical (unpaired) electrons. The van der Waals surface area contributed by atoms with Crippen LogP contribution in [0.3, 0.4) is 0 Å². The third-order valence-corrected chi connectivity index (χ3v) is 3.96. The van der Waals surface area contributed by atoms with Crippen molar-refractivity contribution in [1.29, 1.82) is 0 Å². The van der Waals surface area contributed by atoms with Crippen LogP contribution in [0.1, 0.15) is 43.0 Å². The lowest BCUT2D eigenvalue weighted by Gasteiger charge is -2.22. The lowest BCUT2D eigenvalue weighted by atomic mass is 9.98. The van der Waals surface area contributed by atoms with E-state index in [9.17, 15) is 4.79 Å². The van der Waals surface area contributed by atoms with Gasteiger partial charge >= 0.3 is 0 Å². The van der Waals surface area contributed by atoms with Crippen molar-refractivity contribution in [3.8, 4) is 0 Å². The molecule has 0 aliphatic carbocycles. The summed E-state index contributed by atoms with van der Waals surface area (Å²) in [6.45, 7) is 4.11. The zero-order valence-electron chi connectivity index (χ0n) is 10.6. The van der Waals surface area contributed by atoms with Crippen LogP contribution < -0.4 is 4.90 Å². The van der Waals surface area contributed by atoms with Gasteiger partial charge in [0.1, 0.15) is 17.3 Å². The average molecular weight is 268 g/mol. The number of nitrogens with zero attached hydrogens (tertiary/aromatic N) is 3. The highest BCUT2D eigenvalue weighted by atomic mass is 35.5. The summed E-state index contributed by atoms with van der Waals surface area (Å²) in [7, 11) is 0. The Morgan fingerprint density at radius 2 is 2.28 bits per heavy atom. The van der Waals surface area contributed by atoms with Gasteiger partial charge in [0.2, 0.25) is 0 Å². The third kappa shape index (κ3) is 2.80. The normalized spacial score (nSPS) is 20.6. The zero-order chi connectivity index (χ0) is 13.0. The van der Waals surface area contributed by atoms with Crippen molar-refractivity contribution in [2.24, 2.45) is 5.92 Å². The van der Waals surface area contributed by atoms with Crippen LogP contribution in [0.5, 0.6) is 0 Å². The molecule has 1 aromatic heterocycles. The number of anilines is 1. The first-order valence-corrected chi connectivity index (χ1v) is 6.84. The van der Waals surface area contributed by atoms with Crippen molar-refractivity contribution in [2.45, 2.75) is 32.6 Å². The average Bonchev–Trinajstić information content (AvgIpc) is 2.63. The molecule has 2 rings (SSSR count). The number of hydrogen-bond donors (Lipinski definition) is 0. The van der Waals surface area contributed by atoms with Crippen molar-refractivity contribution >= 4 is 23.7 Å². The molecule has 5 heteroatoms. The van der Waals surface area contributed by atoms with Crippen LogP contribution in [-0.4, -0.2) is 29.3 Å². The largest absolute Gasteiger partial charge is 0.356 e. The number of hydrogen-bond acceptors (Lipinski definition) is 4. The fraction of sp³-hybridized carbons (Fsp3) is 0.615. The maximum atomic E-state index is 11.1. The van der Waals surface area contributed by atoms with Gasteiger partial charge in [-0.2, -0.15) is 0 Å². The SMILES string of the molecule is CCC1CCCN(c2ncnc(Cl)c2C=O)CC1. The summed E-state index contributed by atoms with van der Waals surface area (Å²) in [5.41, 5.74) is 0.411. The van der Waals surface area contributed by atoms with E-state index in [4.69, 9.17) is 11.6 Å². The van der Waals surface area contributed by atoms with Crippen LogP contribution in [-0.2, 0) is 0 Å². The number of halogens is 1. The van der Waals surface area contributed by atoms with Crippen molar-refractivity contribution < 1.29 is 4.79 Å². The van der Waals surface area contributed by atoms with Gasteiger partial charge in [0.15, 0.2) is 6.29 Å².